The summed E-state index contributed by atoms with van der Waals surface area (Å²) < 4.78 is 0. The average Bonchev–Trinajstić information content (AvgIpc) is 2.36. The van der Waals surface area contributed by atoms with Gasteiger partial charge in [-0.3, -0.25) is 0 Å². The van der Waals surface area contributed by atoms with Gasteiger partial charge in [0.25, 0.3) is 0 Å². The van der Waals surface area contributed by atoms with E-state index in [1.54, 1.807) is 0 Å². The fourth-order valence-corrected chi connectivity index (χ4v) is 4.25. The summed E-state index contributed by atoms with van der Waals surface area (Å²) in [5, 5.41) is 11.2. The molecule has 1 aliphatic rings. The maximum Gasteiger partial charge on any atom is 0.0735 e. The van der Waals surface area contributed by atoms with Gasteiger partial charge in [0.15, 0.2) is 0 Å². The molecule has 1 saturated carbocycles. The fraction of sp³-hybridized carbons (Fsp3) is 1.00. The van der Waals surface area contributed by atoms with Crippen LogP contribution >= 0.6 is 0 Å². The third-order valence-electron chi connectivity index (χ3n) is 5.97. The molecule has 0 aromatic carbocycles. The molecule has 114 valence electrons. The number of nitrogens with two attached hydrogens (primary N) is 1. The first kappa shape index (κ1) is 17.0. The first-order chi connectivity index (χ1) is 8.63. The van der Waals surface area contributed by atoms with Crippen LogP contribution < -0.4 is 5.73 Å². The second kappa shape index (κ2) is 5.73. The highest BCUT2D eigenvalue weighted by molar-refractivity contribution is 5.03. The van der Waals surface area contributed by atoms with Crippen LogP contribution in [0.1, 0.15) is 73.6 Å². The van der Waals surface area contributed by atoms with Gasteiger partial charge in [0, 0.05) is 12.0 Å². The Morgan fingerprint density at radius 3 is 1.95 bits per heavy atom. The molecule has 1 fully saturated rings. The fourth-order valence-electron chi connectivity index (χ4n) is 4.25. The predicted molar refractivity (Wildman–Crippen MR) is 83.0 cm³/mol. The number of rotatable bonds is 4. The molecule has 0 radical (unpaired) electrons. The number of hydrogen-bond donors (Lipinski definition) is 2. The zero-order valence-corrected chi connectivity index (χ0v) is 13.9. The van der Waals surface area contributed by atoms with Crippen LogP contribution in [0.5, 0.6) is 0 Å². The van der Waals surface area contributed by atoms with E-state index in [1.807, 2.05) is 0 Å². The van der Waals surface area contributed by atoms with Gasteiger partial charge in [0.2, 0.25) is 0 Å². The van der Waals surface area contributed by atoms with Crippen LogP contribution in [0.4, 0.5) is 0 Å². The second-order valence-corrected chi connectivity index (χ2v) is 8.06. The van der Waals surface area contributed by atoms with Gasteiger partial charge >= 0.3 is 0 Å². The summed E-state index contributed by atoms with van der Waals surface area (Å²) in [6.45, 7) is 14.0. The molecular weight excluding hydrogens is 234 g/mol. The molecular formula is C17H35NO. The highest BCUT2D eigenvalue weighted by Crippen LogP contribution is 2.52. The van der Waals surface area contributed by atoms with E-state index in [2.05, 4.69) is 41.5 Å². The van der Waals surface area contributed by atoms with Crippen LogP contribution in [0.2, 0.25) is 0 Å². The lowest BCUT2D eigenvalue weighted by atomic mass is 9.55. The van der Waals surface area contributed by atoms with Crippen LogP contribution in [-0.4, -0.2) is 17.3 Å². The lowest BCUT2D eigenvalue weighted by Crippen LogP contribution is -2.57. The summed E-state index contributed by atoms with van der Waals surface area (Å²) in [6.07, 6.45) is 5.37. The molecule has 19 heavy (non-hydrogen) atoms. The highest BCUT2D eigenvalue weighted by atomic mass is 16.3. The van der Waals surface area contributed by atoms with E-state index >= 15 is 0 Å². The minimum absolute atomic E-state index is 0.0718. The zero-order chi connectivity index (χ0) is 14.9. The van der Waals surface area contributed by atoms with Gasteiger partial charge in [-0.25, -0.2) is 0 Å². The maximum absolute atomic E-state index is 11.2. The van der Waals surface area contributed by atoms with Gasteiger partial charge in [-0.15, -0.1) is 0 Å². The summed E-state index contributed by atoms with van der Waals surface area (Å²) in [7, 11) is 0. The van der Waals surface area contributed by atoms with Gasteiger partial charge < -0.3 is 10.8 Å². The van der Waals surface area contributed by atoms with E-state index in [0.29, 0.717) is 12.0 Å². The molecule has 2 heteroatoms. The molecule has 1 rings (SSSR count). The van der Waals surface area contributed by atoms with Gasteiger partial charge in [-0.1, -0.05) is 41.5 Å². The van der Waals surface area contributed by atoms with E-state index in [9.17, 15) is 5.11 Å². The minimum Gasteiger partial charge on any atom is -0.389 e. The highest BCUT2D eigenvalue weighted by Gasteiger charge is 2.52. The molecule has 0 saturated heterocycles. The van der Waals surface area contributed by atoms with Crippen molar-refractivity contribution in [3.05, 3.63) is 0 Å². The van der Waals surface area contributed by atoms with E-state index in [-0.39, 0.29) is 11.3 Å². The minimum atomic E-state index is -0.607. The average molecular weight is 269 g/mol. The predicted octanol–water partition coefficient (Wildman–Crippen LogP) is 3.96. The Labute approximate surface area is 120 Å². The standard InChI is InChI=1S/C17H35NO/c1-7-17(19,13(2)3)16(12-18)10-8-14(9-11-16)15(4,5)6/h13-14,19H,7-12,18H2,1-6H3. The van der Waals surface area contributed by atoms with Crippen molar-refractivity contribution in [1.82, 2.24) is 0 Å². The van der Waals surface area contributed by atoms with Crippen molar-refractivity contribution in [2.24, 2.45) is 28.4 Å². The van der Waals surface area contributed by atoms with Gasteiger partial charge in [0.1, 0.15) is 0 Å². The van der Waals surface area contributed by atoms with Crippen molar-refractivity contribution in [3.8, 4) is 0 Å². The smallest absolute Gasteiger partial charge is 0.0735 e. The van der Waals surface area contributed by atoms with Gasteiger partial charge in [-0.2, -0.15) is 0 Å². The SMILES string of the molecule is CCC(O)(C(C)C)C1(CN)CCC(C(C)(C)C)CC1. The first-order valence-electron chi connectivity index (χ1n) is 8.05. The third-order valence-corrected chi connectivity index (χ3v) is 5.97. The molecule has 0 aliphatic heterocycles. The Kier molecular flexibility index (Phi) is 5.12. The Morgan fingerprint density at radius 2 is 1.68 bits per heavy atom. The molecule has 0 spiro atoms. The molecule has 0 bridgehead atoms. The maximum atomic E-state index is 11.2. The van der Waals surface area contributed by atoms with Crippen molar-refractivity contribution >= 4 is 0 Å². The normalized spacial score (nSPS) is 32.4. The van der Waals surface area contributed by atoms with Crippen molar-refractivity contribution in [3.63, 3.8) is 0 Å². The van der Waals surface area contributed by atoms with Gasteiger partial charge in [0.05, 0.1) is 5.60 Å². The number of hydrogen-bond acceptors (Lipinski definition) is 2. The summed E-state index contributed by atoms with van der Waals surface area (Å²) in [4.78, 5) is 0. The molecule has 0 heterocycles. The molecule has 2 nitrogen and oxygen atoms in total. The quantitative estimate of drug-likeness (QED) is 0.811. The van der Waals surface area contributed by atoms with Crippen LogP contribution in [0.15, 0.2) is 0 Å². The summed E-state index contributed by atoms with van der Waals surface area (Å²) in [5.74, 6) is 1.03. The summed E-state index contributed by atoms with van der Waals surface area (Å²) >= 11 is 0. The summed E-state index contributed by atoms with van der Waals surface area (Å²) in [5.41, 5.74) is 5.83. The lowest BCUT2D eigenvalue weighted by Gasteiger charge is -2.54. The lowest BCUT2D eigenvalue weighted by molar-refractivity contribution is -0.141. The van der Waals surface area contributed by atoms with E-state index < -0.39 is 5.60 Å². The monoisotopic (exact) mass is 269 g/mol. The molecule has 1 atom stereocenters. The third kappa shape index (κ3) is 3.00. The number of aliphatic hydroxyl groups is 1. The largest absolute Gasteiger partial charge is 0.389 e. The topological polar surface area (TPSA) is 46.2 Å². The molecule has 3 N–H and O–H groups in total. The summed E-state index contributed by atoms with van der Waals surface area (Å²) in [6, 6.07) is 0. The Balaban J connectivity index is 2.92. The van der Waals surface area contributed by atoms with Crippen LogP contribution in [-0.2, 0) is 0 Å². The Morgan fingerprint density at radius 1 is 1.21 bits per heavy atom. The Bertz CT molecular complexity index is 284. The zero-order valence-electron chi connectivity index (χ0n) is 13.9. The van der Waals surface area contributed by atoms with E-state index in [0.717, 1.165) is 25.2 Å². The first-order valence-corrected chi connectivity index (χ1v) is 8.05. The molecule has 1 aliphatic carbocycles. The second-order valence-electron chi connectivity index (χ2n) is 8.06. The van der Waals surface area contributed by atoms with Crippen molar-refractivity contribution < 1.29 is 5.11 Å². The van der Waals surface area contributed by atoms with Crippen LogP contribution in [0.3, 0.4) is 0 Å². The van der Waals surface area contributed by atoms with E-state index in [1.165, 1.54) is 12.8 Å². The van der Waals surface area contributed by atoms with E-state index in [4.69, 9.17) is 5.73 Å². The van der Waals surface area contributed by atoms with Crippen molar-refractivity contribution in [2.45, 2.75) is 79.2 Å². The molecule has 0 amide bonds. The van der Waals surface area contributed by atoms with Crippen molar-refractivity contribution in [1.29, 1.82) is 0 Å². The molecule has 0 aromatic rings. The molecule has 1 unspecified atom stereocenters. The van der Waals surface area contributed by atoms with Crippen LogP contribution in [0, 0.1) is 22.7 Å². The molecule has 0 aromatic heterocycles. The van der Waals surface area contributed by atoms with Crippen LogP contribution in [0.25, 0.3) is 0 Å². The van der Waals surface area contributed by atoms with Crippen molar-refractivity contribution in [2.75, 3.05) is 6.54 Å². The van der Waals surface area contributed by atoms with Gasteiger partial charge in [-0.05, 0) is 49.4 Å². The Hall–Kier alpha value is -0.0800.